The zero-order valence-electron chi connectivity index (χ0n) is 17.7. The number of carbonyl (C=O) groups excluding carboxylic acids is 2. The van der Waals surface area contributed by atoms with E-state index >= 15 is 0 Å². The van der Waals surface area contributed by atoms with E-state index in [1.165, 1.54) is 0 Å². The number of allylic oxidation sites excluding steroid dienone is 1. The minimum atomic E-state index is -0.527. The third-order valence-corrected chi connectivity index (χ3v) is 4.67. The summed E-state index contributed by atoms with van der Waals surface area (Å²) in [4.78, 5) is 24.6. The highest BCUT2D eigenvalue weighted by Crippen LogP contribution is 2.20. The molecule has 5 heteroatoms. The molecule has 0 aliphatic heterocycles. The van der Waals surface area contributed by atoms with Crippen molar-refractivity contribution in [1.82, 2.24) is 0 Å². The Morgan fingerprint density at radius 1 is 1.00 bits per heavy atom. The second-order valence-corrected chi connectivity index (χ2v) is 7.16. The van der Waals surface area contributed by atoms with Crippen molar-refractivity contribution >= 4 is 17.6 Å². The van der Waals surface area contributed by atoms with Crippen molar-refractivity contribution in [3.05, 3.63) is 102 Å². The zero-order valence-corrected chi connectivity index (χ0v) is 17.7. The van der Waals surface area contributed by atoms with Crippen LogP contribution in [0, 0.1) is 13.8 Å². The molecule has 0 fully saturated rings. The van der Waals surface area contributed by atoms with Crippen LogP contribution in [-0.4, -0.2) is 18.5 Å². The number of benzene rings is 3. The van der Waals surface area contributed by atoms with Gasteiger partial charge < -0.3 is 14.8 Å². The number of carbonyl (C=O) groups is 2. The van der Waals surface area contributed by atoms with Gasteiger partial charge in [-0.3, -0.25) is 4.79 Å². The number of rotatable bonds is 8. The summed E-state index contributed by atoms with van der Waals surface area (Å²) in [6.07, 6.45) is 2.43. The molecule has 158 valence electrons. The third-order valence-electron chi connectivity index (χ3n) is 4.67. The fourth-order valence-electron chi connectivity index (χ4n) is 3.01. The number of ether oxygens (including phenoxy) is 2. The molecule has 1 N–H and O–H groups in total. The second kappa shape index (κ2) is 10.3. The molecular formula is C26H25NO4. The van der Waals surface area contributed by atoms with Crippen LogP contribution in [0.4, 0.5) is 5.69 Å². The van der Waals surface area contributed by atoms with E-state index in [2.05, 4.69) is 11.9 Å². The molecule has 3 aromatic rings. The molecule has 3 aromatic carbocycles. The van der Waals surface area contributed by atoms with Crippen LogP contribution < -0.4 is 14.8 Å². The van der Waals surface area contributed by atoms with Crippen LogP contribution in [0.15, 0.2) is 79.4 Å². The molecule has 0 spiro atoms. The van der Waals surface area contributed by atoms with Gasteiger partial charge in [-0.25, -0.2) is 4.79 Å². The molecule has 0 aromatic heterocycles. The first kappa shape index (κ1) is 21.8. The van der Waals surface area contributed by atoms with E-state index in [-0.39, 0.29) is 12.5 Å². The lowest BCUT2D eigenvalue weighted by atomic mass is 10.1. The highest BCUT2D eigenvalue weighted by molar-refractivity contribution is 6.04. The van der Waals surface area contributed by atoms with E-state index in [0.717, 1.165) is 22.4 Å². The summed E-state index contributed by atoms with van der Waals surface area (Å²) in [6, 6.07) is 19.8. The molecule has 0 atom stereocenters. The van der Waals surface area contributed by atoms with Crippen LogP contribution in [0.1, 0.15) is 27.0 Å². The maximum absolute atomic E-state index is 12.5. The molecule has 0 radical (unpaired) electrons. The Morgan fingerprint density at radius 3 is 2.48 bits per heavy atom. The van der Waals surface area contributed by atoms with E-state index in [9.17, 15) is 9.59 Å². The molecule has 31 heavy (non-hydrogen) atoms. The lowest BCUT2D eigenvalue weighted by molar-refractivity contribution is -0.136. The minimum Gasteiger partial charge on any atom is -0.482 e. The summed E-state index contributed by atoms with van der Waals surface area (Å²) < 4.78 is 10.9. The summed E-state index contributed by atoms with van der Waals surface area (Å²) in [5.74, 6) is 0.212. The highest BCUT2D eigenvalue weighted by atomic mass is 16.6. The number of hydrogen-bond acceptors (Lipinski definition) is 4. The molecule has 3 rings (SSSR count). The largest absolute Gasteiger partial charge is 0.482 e. The predicted octanol–water partition coefficient (Wildman–Crippen LogP) is 5.27. The van der Waals surface area contributed by atoms with Crippen molar-refractivity contribution in [2.24, 2.45) is 0 Å². The summed E-state index contributed by atoms with van der Waals surface area (Å²) >= 11 is 0. The Labute approximate surface area is 182 Å². The van der Waals surface area contributed by atoms with Crippen molar-refractivity contribution < 1.29 is 19.1 Å². The third kappa shape index (κ3) is 6.06. The van der Waals surface area contributed by atoms with Crippen molar-refractivity contribution in [2.45, 2.75) is 20.3 Å². The van der Waals surface area contributed by atoms with Gasteiger partial charge in [-0.05, 0) is 73.4 Å². The quantitative estimate of drug-likeness (QED) is 0.309. The van der Waals surface area contributed by atoms with Gasteiger partial charge in [0.15, 0.2) is 6.61 Å². The number of anilines is 1. The monoisotopic (exact) mass is 415 g/mol. The zero-order chi connectivity index (χ0) is 22.2. The molecule has 1 amide bonds. The molecule has 5 nitrogen and oxygen atoms in total. The maximum atomic E-state index is 12.5. The van der Waals surface area contributed by atoms with Crippen molar-refractivity contribution in [3.63, 3.8) is 0 Å². The van der Waals surface area contributed by atoms with Crippen molar-refractivity contribution in [1.29, 1.82) is 0 Å². The van der Waals surface area contributed by atoms with Gasteiger partial charge in [-0.1, -0.05) is 36.4 Å². The van der Waals surface area contributed by atoms with Crippen LogP contribution in [0.3, 0.4) is 0 Å². The number of aryl methyl sites for hydroxylation is 2. The first-order valence-corrected chi connectivity index (χ1v) is 9.97. The van der Waals surface area contributed by atoms with Crippen LogP contribution in [0.5, 0.6) is 11.5 Å². The Balaban J connectivity index is 1.56. The SMILES string of the molecule is C=CCc1ccccc1OCC(=O)Oc1ccc(C(=O)Nc2cc(C)ccc2C)cc1. The average Bonchev–Trinajstić information content (AvgIpc) is 2.76. The van der Waals surface area contributed by atoms with Gasteiger partial charge in [0.05, 0.1) is 0 Å². The maximum Gasteiger partial charge on any atom is 0.349 e. The summed E-state index contributed by atoms with van der Waals surface area (Å²) in [6.45, 7) is 7.42. The molecule has 0 aliphatic carbocycles. The van der Waals surface area contributed by atoms with Crippen LogP contribution in [0.25, 0.3) is 0 Å². The van der Waals surface area contributed by atoms with Crippen molar-refractivity contribution in [3.8, 4) is 11.5 Å². The van der Waals surface area contributed by atoms with Gasteiger partial charge >= 0.3 is 5.97 Å². The molecular weight excluding hydrogens is 390 g/mol. The van der Waals surface area contributed by atoms with Crippen molar-refractivity contribution in [2.75, 3.05) is 11.9 Å². The van der Waals surface area contributed by atoms with E-state index < -0.39 is 5.97 Å². The standard InChI is InChI=1S/C26H25NO4/c1-4-7-20-8-5-6-9-24(20)30-17-25(28)31-22-14-12-21(13-15-22)26(29)27-23-16-18(2)10-11-19(23)3/h4-6,8-16H,1,7,17H2,2-3H3,(H,27,29). The Hall–Kier alpha value is -3.86. The Morgan fingerprint density at radius 2 is 1.74 bits per heavy atom. The Kier molecular flexibility index (Phi) is 7.22. The lowest BCUT2D eigenvalue weighted by Gasteiger charge is -2.11. The van der Waals surface area contributed by atoms with Gasteiger partial charge in [0.2, 0.25) is 0 Å². The topological polar surface area (TPSA) is 64.6 Å². The van der Waals surface area contributed by atoms with Crippen LogP contribution >= 0.6 is 0 Å². The van der Waals surface area contributed by atoms with Crippen LogP contribution in [-0.2, 0) is 11.2 Å². The molecule has 0 saturated carbocycles. The summed E-state index contributed by atoms with van der Waals surface area (Å²) in [5.41, 5.74) is 4.24. The smallest absolute Gasteiger partial charge is 0.349 e. The summed E-state index contributed by atoms with van der Waals surface area (Å²) in [7, 11) is 0. The fraction of sp³-hybridized carbons (Fsp3) is 0.154. The molecule has 0 bridgehead atoms. The summed E-state index contributed by atoms with van der Waals surface area (Å²) in [5, 5.41) is 2.91. The van der Waals surface area contributed by atoms with Crippen LogP contribution in [0.2, 0.25) is 0 Å². The van der Waals surface area contributed by atoms with E-state index in [1.54, 1.807) is 36.4 Å². The Bertz CT molecular complexity index is 1090. The normalized spacial score (nSPS) is 10.3. The molecule has 0 saturated heterocycles. The number of amides is 1. The highest BCUT2D eigenvalue weighted by Gasteiger charge is 2.11. The average molecular weight is 415 g/mol. The second-order valence-electron chi connectivity index (χ2n) is 7.16. The van der Waals surface area contributed by atoms with E-state index in [1.807, 2.05) is 50.2 Å². The fourth-order valence-corrected chi connectivity index (χ4v) is 3.01. The predicted molar refractivity (Wildman–Crippen MR) is 122 cm³/mol. The van der Waals surface area contributed by atoms with Gasteiger partial charge in [-0.2, -0.15) is 0 Å². The van der Waals surface area contributed by atoms with Gasteiger partial charge in [0, 0.05) is 11.3 Å². The molecule has 0 aliphatic rings. The molecule has 0 heterocycles. The number of esters is 1. The lowest BCUT2D eigenvalue weighted by Crippen LogP contribution is -2.18. The number of para-hydroxylation sites is 1. The van der Waals surface area contributed by atoms with Gasteiger partial charge in [0.25, 0.3) is 5.91 Å². The van der Waals surface area contributed by atoms with E-state index in [0.29, 0.717) is 23.5 Å². The first-order chi connectivity index (χ1) is 15.0. The van der Waals surface area contributed by atoms with Gasteiger partial charge in [-0.15, -0.1) is 6.58 Å². The van der Waals surface area contributed by atoms with E-state index in [4.69, 9.17) is 9.47 Å². The van der Waals surface area contributed by atoms with Gasteiger partial charge in [0.1, 0.15) is 11.5 Å². The number of nitrogens with one attached hydrogen (secondary N) is 1. The first-order valence-electron chi connectivity index (χ1n) is 9.97. The number of hydrogen-bond donors (Lipinski definition) is 1. The minimum absolute atomic E-state index is 0.219. The molecule has 0 unspecified atom stereocenters.